The molecule has 0 radical (unpaired) electrons. The molecule has 3 N–H and O–H groups in total. The quantitative estimate of drug-likeness (QED) is 0.591. The van der Waals surface area contributed by atoms with Gasteiger partial charge in [-0.25, -0.2) is 9.59 Å². The minimum absolute atomic E-state index is 0.113. The van der Waals surface area contributed by atoms with Crippen LogP contribution in [0.5, 0.6) is 0 Å². The van der Waals surface area contributed by atoms with E-state index in [9.17, 15) is 14.4 Å². The lowest BCUT2D eigenvalue weighted by Gasteiger charge is -2.14. The lowest BCUT2D eigenvalue weighted by Crippen LogP contribution is -2.30. The topological polar surface area (TPSA) is 104 Å². The highest BCUT2D eigenvalue weighted by atomic mass is 35.5. The predicted molar refractivity (Wildman–Crippen MR) is 98.9 cm³/mol. The van der Waals surface area contributed by atoms with E-state index >= 15 is 0 Å². The highest BCUT2D eigenvalue weighted by molar-refractivity contribution is 6.36. The molecule has 7 nitrogen and oxygen atoms in total. The molecular formula is C17H13Cl2N3O4. The van der Waals surface area contributed by atoms with Crippen molar-refractivity contribution in [2.24, 2.45) is 0 Å². The Hall–Kier alpha value is -2.77. The van der Waals surface area contributed by atoms with Gasteiger partial charge in [-0.1, -0.05) is 23.2 Å². The first-order chi connectivity index (χ1) is 12.3. The molecule has 26 heavy (non-hydrogen) atoms. The summed E-state index contributed by atoms with van der Waals surface area (Å²) in [6.07, 6.45) is -1.06. The first kappa shape index (κ1) is 18.0. The fourth-order valence-corrected chi connectivity index (χ4v) is 2.77. The van der Waals surface area contributed by atoms with E-state index in [0.717, 1.165) is 0 Å². The van der Waals surface area contributed by atoms with Crippen LogP contribution >= 0.6 is 23.2 Å². The smallest absolute Gasteiger partial charge is 0.340 e. The normalized spacial score (nSPS) is 12.0. The second-order valence-corrected chi connectivity index (χ2v) is 6.34. The van der Waals surface area contributed by atoms with Crippen LogP contribution in [0, 0.1) is 0 Å². The summed E-state index contributed by atoms with van der Waals surface area (Å²) in [5.74, 6) is -1.26. The van der Waals surface area contributed by atoms with Crippen LogP contribution in [0.3, 0.4) is 0 Å². The molecule has 0 fully saturated rings. The van der Waals surface area contributed by atoms with Crippen LogP contribution in [0.2, 0.25) is 10.0 Å². The van der Waals surface area contributed by atoms with Gasteiger partial charge in [0.15, 0.2) is 6.10 Å². The Morgan fingerprint density at radius 1 is 1.08 bits per heavy atom. The maximum Gasteiger partial charge on any atom is 0.340 e. The number of hydrogen-bond donors (Lipinski definition) is 3. The van der Waals surface area contributed by atoms with Crippen molar-refractivity contribution >= 4 is 51.8 Å². The Kier molecular flexibility index (Phi) is 5.01. The van der Waals surface area contributed by atoms with Gasteiger partial charge in [0.2, 0.25) is 0 Å². The maximum absolute atomic E-state index is 12.2. The number of aromatic amines is 2. The van der Waals surface area contributed by atoms with Crippen LogP contribution in [-0.4, -0.2) is 27.9 Å². The molecule has 3 rings (SSSR count). The van der Waals surface area contributed by atoms with Crippen molar-refractivity contribution < 1.29 is 14.3 Å². The van der Waals surface area contributed by atoms with Crippen LogP contribution in [0.1, 0.15) is 17.3 Å². The van der Waals surface area contributed by atoms with Gasteiger partial charge >= 0.3 is 11.7 Å². The summed E-state index contributed by atoms with van der Waals surface area (Å²) in [6.45, 7) is 1.44. The van der Waals surface area contributed by atoms with Gasteiger partial charge in [-0.15, -0.1) is 0 Å². The summed E-state index contributed by atoms with van der Waals surface area (Å²) in [5, 5.41) is 3.14. The number of rotatable bonds is 4. The minimum atomic E-state index is -1.06. The summed E-state index contributed by atoms with van der Waals surface area (Å²) in [5.41, 5.74) is 1.38. The van der Waals surface area contributed by atoms with Crippen molar-refractivity contribution in [2.75, 3.05) is 5.32 Å². The van der Waals surface area contributed by atoms with E-state index in [4.69, 9.17) is 27.9 Å². The number of carbonyl (C=O) groups is 2. The number of hydrogen-bond acceptors (Lipinski definition) is 4. The zero-order chi connectivity index (χ0) is 18.8. The second kappa shape index (κ2) is 7.23. The molecule has 1 aromatic heterocycles. The van der Waals surface area contributed by atoms with Crippen molar-refractivity contribution in [3.8, 4) is 0 Å². The minimum Gasteiger partial charge on any atom is -0.449 e. The van der Waals surface area contributed by atoms with Crippen molar-refractivity contribution in [2.45, 2.75) is 13.0 Å². The van der Waals surface area contributed by atoms with Crippen LogP contribution in [0.25, 0.3) is 11.0 Å². The molecule has 1 atom stereocenters. The first-order valence-corrected chi connectivity index (χ1v) is 8.28. The van der Waals surface area contributed by atoms with E-state index < -0.39 is 18.0 Å². The molecule has 134 valence electrons. The zero-order valence-electron chi connectivity index (χ0n) is 13.4. The highest BCUT2D eigenvalue weighted by Gasteiger charge is 2.21. The molecule has 1 heterocycles. The lowest BCUT2D eigenvalue weighted by molar-refractivity contribution is -0.123. The number of amides is 1. The molecule has 1 amide bonds. The van der Waals surface area contributed by atoms with Gasteiger partial charge in [-0.05, 0) is 43.3 Å². The van der Waals surface area contributed by atoms with Crippen LogP contribution in [-0.2, 0) is 9.53 Å². The average molecular weight is 394 g/mol. The number of benzene rings is 2. The number of anilines is 1. The number of aromatic nitrogens is 2. The van der Waals surface area contributed by atoms with Gasteiger partial charge < -0.3 is 20.0 Å². The van der Waals surface area contributed by atoms with Gasteiger partial charge in [-0.3, -0.25) is 4.79 Å². The first-order valence-electron chi connectivity index (χ1n) is 7.52. The molecule has 0 aliphatic rings. The van der Waals surface area contributed by atoms with E-state index in [0.29, 0.717) is 21.7 Å². The third-order valence-corrected chi connectivity index (χ3v) is 4.14. The molecule has 0 aliphatic heterocycles. The van der Waals surface area contributed by atoms with E-state index in [1.807, 2.05) is 0 Å². The number of carbonyl (C=O) groups excluding carboxylic acids is 2. The molecule has 2 aromatic carbocycles. The zero-order valence-corrected chi connectivity index (χ0v) is 14.9. The number of nitrogens with one attached hydrogen (secondary N) is 3. The highest BCUT2D eigenvalue weighted by Crippen LogP contribution is 2.22. The van der Waals surface area contributed by atoms with Crippen molar-refractivity contribution in [1.82, 2.24) is 9.97 Å². The summed E-state index contributed by atoms with van der Waals surface area (Å²) >= 11 is 11.7. The predicted octanol–water partition coefficient (Wildman–Crippen LogP) is 3.35. The van der Waals surface area contributed by atoms with Gasteiger partial charge in [0.05, 0.1) is 21.6 Å². The van der Waals surface area contributed by atoms with Crippen LogP contribution in [0.15, 0.2) is 41.2 Å². The van der Waals surface area contributed by atoms with E-state index in [1.54, 1.807) is 18.2 Å². The summed E-state index contributed by atoms with van der Waals surface area (Å²) in [6, 6.07) is 9.20. The number of esters is 1. The molecule has 0 spiro atoms. The Morgan fingerprint density at radius 3 is 2.54 bits per heavy atom. The third-order valence-electron chi connectivity index (χ3n) is 3.59. The van der Waals surface area contributed by atoms with E-state index in [2.05, 4.69) is 15.3 Å². The van der Waals surface area contributed by atoms with Gasteiger partial charge in [0, 0.05) is 10.7 Å². The lowest BCUT2D eigenvalue weighted by atomic mass is 10.2. The molecule has 0 bridgehead atoms. The van der Waals surface area contributed by atoms with Gasteiger partial charge in [-0.2, -0.15) is 0 Å². The molecule has 0 saturated carbocycles. The van der Waals surface area contributed by atoms with Crippen molar-refractivity contribution in [3.63, 3.8) is 0 Å². The average Bonchev–Trinajstić information content (AvgIpc) is 2.93. The Balaban J connectivity index is 1.68. The molecular weight excluding hydrogens is 381 g/mol. The number of halogens is 2. The Bertz CT molecular complexity index is 1060. The van der Waals surface area contributed by atoms with Gasteiger partial charge in [0.1, 0.15) is 0 Å². The van der Waals surface area contributed by atoms with Crippen LogP contribution < -0.4 is 11.0 Å². The number of H-pyrrole nitrogens is 2. The molecule has 3 aromatic rings. The second-order valence-electron chi connectivity index (χ2n) is 5.50. The van der Waals surface area contributed by atoms with Crippen LogP contribution in [0.4, 0.5) is 5.69 Å². The maximum atomic E-state index is 12.2. The van der Waals surface area contributed by atoms with Crippen molar-refractivity contribution in [1.29, 1.82) is 0 Å². The van der Waals surface area contributed by atoms with Crippen molar-refractivity contribution in [3.05, 3.63) is 62.5 Å². The molecule has 0 unspecified atom stereocenters. The summed E-state index contributed by atoms with van der Waals surface area (Å²) < 4.78 is 5.14. The van der Waals surface area contributed by atoms with Gasteiger partial charge in [0.25, 0.3) is 5.91 Å². The monoisotopic (exact) mass is 393 g/mol. The van der Waals surface area contributed by atoms with E-state index in [1.165, 1.54) is 25.1 Å². The molecule has 9 heteroatoms. The molecule has 0 aliphatic carbocycles. The molecule has 0 saturated heterocycles. The summed E-state index contributed by atoms with van der Waals surface area (Å²) in [4.78, 5) is 40.8. The number of fused-ring (bicyclic) bond motifs is 1. The standard InChI is InChI=1S/C17H13Cl2N3O4/c1-8(26-16(24)11-4-2-9(18)6-12(11)19)15(23)20-10-3-5-13-14(7-10)22-17(25)21-13/h2-8H,1H3,(H,20,23)(H2,21,22,25)/t8-/m1/s1. The SMILES string of the molecule is C[C@@H](OC(=O)c1ccc(Cl)cc1Cl)C(=O)Nc1ccc2[nH]c(=O)[nH]c2c1. The third kappa shape index (κ3) is 3.89. The Labute approximate surface area is 157 Å². The number of ether oxygens (including phenoxy) is 1. The number of imidazole rings is 1. The van der Waals surface area contributed by atoms with E-state index in [-0.39, 0.29) is 16.3 Å². The fourth-order valence-electron chi connectivity index (χ4n) is 2.29. The summed E-state index contributed by atoms with van der Waals surface area (Å²) in [7, 11) is 0. The Morgan fingerprint density at radius 2 is 1.81 bits per heavy atom. The largest absolute Gasteiger partial charge is 0.449 e. The fraction of sp³-hybridized carbons (Fsp3) is 0.118.